The van der Waals surface area contributed by atoms with Crippen LogP contribution in [-0.4, -0.2) is 39.5 Å². The number of fused-ring (bicyclic) bond motifs is 1. The van der Waals surface area contributed by atoms with Gasteiger partial charge in [-0.15, -0.1) is 0 Å². The maximum atomic E-state index is 9.80. The van der Waals surface area contributed by atoms with E-state index in [0.717, 1.165) is 22.5 Å². The van der Waals surface area contributed by atoms with E-state index in [9.17, 15) is 5.11 Å². The van der Waals surface area contributed by atoms with E-state index in [1.807, 2.05) is 24.3 Å². The van der Waals surface area contributed by atoms with Crippen LogP contribution in [0, 0.1) is 0 Å². The number of nitrogens with one attached hydrogen (secondary N) is 1. The molecule has 2 N–H and O–H groups in total. The molecule has 2 heterocycles. The summed E-state index contributed by atoms with van der Waals surface area (Å²) in [6, 6.07) is 7.95. The van der Waals surface area contributed by atoms with Crippen molar-refractivity contribution in [2.24, 2.45) is 0 Å². The summed E-state index contributed by atoms with van der Waals surface area (Å²) in [5.41, 5.74) is 0.949. The van der Waals surface area contributed by atoms with Gasteiger partial charge in [-0.2, -0.15) is 0 Å². The molecule has 1 aliphatic heterocycles. The molecule has 17 heavy (non-hydrogen) atoms. The molecule has 88 valence electrons. The summed E-state index contributed by atoms with van der Waals surface area (Å²) in [5, 5.41) is 15.1. The van der Waals surface area contributed by atoms with Crippen LogP contribution in [0.3, 0.4) is 0 Å². The Morgan fingerprint density at radius 1 is 1.24 bits per heavy atom. The number of hydrogen-bond acceptors (Lipinski definition) is 5. The molecular formula is C12H13N3OS. The second-order valence-electron chi connectivity index (χ2n) is 4.08. The monoisotopic (exact) mass is 247 g/mol. The van der Waals surface area contributed by atoms with Crippen molar-refractivity contribution in [3.8, 4) is 0 Å². The number of nitrogens with zero attached hydrogens (tertiary/aromatic N) is 2. The minimum Gasteiger partial charge on any atom is -0.391 e. The summed E-state index contributed by atoms with van der Waals surface area (Å²) in [5.74, 6) is 0. The summed E-state index contributed by atoms with van der Waals surface area (Å²) < 4.78 is 0. The van der Waals surface area contributed by atoms with Gasteiger partial charge in [-0.05, 0) is 6.07 Å². The van der Waals surface area contributed by atoms with Gasteiger partial charge in [-0.3, -0.25) is 0 Å². The number of aliphatic hydroxyl groups is 1. The first kappa shape index (κ1) is 11.0. The largest absolute Gasteiger partial charge is 0.391 e. The van der Waals surface area contributed by atoms with Gasteiger partial charge in [0, 0.05) is 18.5 Å². The molecule has 1 saturated heterocycles. The molecule has 0 bridgehead atoms. The predicted octanol–water partition coefficient (Wildman–Crippen LogP) is 1.05. The maximum absolute atomic E-state index is 9.80. The first-order valence-corrected chi connectivity index (χ1v) is 6.48. The highest BCUT2D eigenvalue weighted by Gasteiger charge is 2.26. The van der Waals surface area contributed by atoms with Gasteiger partial charge in [0.15, 0.2) is 0 Å². The van der Waals surface area contributed by atoms with Gasteiger partial charge in [0.05, 0.1) is 16.9 Å². The second-order valence-corrected chi connectivity index (χ2v) is 5.31. The Morgan fingerprint density at radius 2 is 2.12 bits per heavy atom. The smallest absolute Gasteiger partial charge is 0.117 e. The molecule has 2 atom stereocenters. The lowest BCUT2D eigenvalue weighted by Crippen LogP contribution is -2.20. The fourth-order valence-electron chi connectivity index (χ4n) is 1.98. The number of thioether (sulfide) groups is 1. The Bertz CT molecular complexity index is 529. The number of aromatic nitrogens is 2. The molecule has 0 spiro atoms. The van der Waals surface area contributed by atoms with Gasteiger partial charge >= 0.3 is 0 Å². The summed E-state index contributed by atoms with van der Waals surface area (Å²) in [7, 11) is 0. The van der Waals surface area contributed by atoms with Crippen LogP contribution in [0.5, 0.6) is 0 Å². The zero-order chi connectivity index (χ0) is 11.7. The number of para-hydroxylation sites is 1. The van der Waals surface area contributed by atoms with E-state index in [4.69, 9.17) is 0 Å². The third kappa shape index (κ3) is 2.13. The lowest BCUT2D eigenvalue weighted by atomic mass is 10.2. The van der Waals surface area contributed by atoms with Crippen molar-refractivity contribution in [1.29, 1.82) is 0 Å². The Balaban J connectivity index is 1.94. The Kier molecular flexibility index (Phi) is 2.96. The van der Waals surface area contributed by atoms with Gasteiger partial charge < -0.3 is 10.4 Å². The zero-order valence-electron chi connectivity index (χ0n) is 9.21. The third-order valence-electron chi connectivity index (χ3n) is 2.90. The zero-order valence-corrected chi connectivity index (χ0v) is 10.0. The van der Waals surface area contributed by atoms with Crippen LogP contribution in [0.15, 0.2) is 35.6 Å². The standard InChI is InChI=1S/C12H13N3OS/c16-10-5-13-6-11(10)17-12-8-3-1-2-4-9(8)14-7-15-12/h1-4,7,10-11,13,16H,5-6H2. The van der Waals surface area contributed by atoms with E-state index >= 15 is 0 Å². The molecule has 1 aromatic heterocycles. The number of benzene rings is 1. The van der Waals surface area contributed by atoms with Crippen LogP contribution in [-0.2, 0) is 0 Å². The molecular weight excluding hydrogens is 234 g/mol. The molecule has 2 aromatic rings. The van der Waals surface area contributed by atoms with E-state index in [0.29, 0.717) is 6.54 Å². The quantitative estimate of drug-likeness (QED) is 0.777. The average Bonchev–Trinajstić information content (AvgIpc) is 2.76. The SMILES string of the molecule is OC1CNCC1Sc1ncnc2ccccc12. The molecule has 5 heteroatoms. The van der Waals surface area contributed by atoms with Crippen LogP contribution in [0.2, 0.25) is 0 Å². The van der Waals surface area contributed by atoms with E-state index in [1.165, 1.54) is 0 Å². The lowest BCUT2D eigenvalue weighted by Gasteiger charge is -2.12. The fraction of sp³-hybridized carbons (Fsp3) is 0.333. The first-order chi connectivity index (χ1) is 8.34. The van der Waals surface area contributed by atoms with Gasteiger partial charge in [-0.1, -0.05) is 30.0 Å². The average molecular weight is 247 g/mol. The summed E-state index contributed by atoms with van der Waals surface area (Å²) in [6.07, 6.45) is 1.29. The van der Waals surface area contributed by atoms with E-state index in [1.54, 1.807) is 18.1 Å². The molecule has 1 aromatic carbocycles. The second kappa shape index (κ2) is 4.60. The van der Waals surface area contributed by atoms with E-state index in [2.05, 4.69) is 15.3 Å². The molecule has 3 rings (SSSR count). The number of rotatable bonds is 2. The predicted molar refractivity (Wildman–Crippen MR) is 68.1 cm³/mol. The highest BCUT2D eigenvalue weighted by atomic mass is 32.2. The van der Waals surface area contributed by atoms with Crippen molar-refractivity contribution in [3.63, 3.8) is 0 Å². The van der Waals surface area contributed by atoms with Crippen molar-refractivity contribution >= 4 is 22.7 Å². The van der Waals surface area contributed by atoms with Gasteiger partial charge in [0.2, 0.25) is 0 Å². The molecule has 1 fully saturated rings. The Labute approximate surface area is 103 Å². The van der Waals surface area contributed by atoms with Crippen LogP contribution in [0.1, 0.15) is 0 Å². The van der Waals surface area contributed by atoms with Crippen LogP contribution in [0.4, 0.5) is 0 Å². The molecule has 0 saturated carbocycles. The van der Waals surface area contributed by atoms with Gasteiger partial charge in [-0.25, -0.2) is 9.97 Å². The van der Waals surface area contributed by atoms with Crippen molar-refractivity contribution in [1.82, 2.24) is 15.3 Å². The van der Waals surface area contributed by atoms with Gasteiger partial charge in [0.25, 0.3) is 0 Å². The maximum Gasteiger partial charge on any atom is 0.117 e. The molecule has 2 unspecified atom stereocenters. The molecule has 4 nitrogen and oxygen atoms in total. The van der Waals surface area contributed by atoms with Crippen molar-refractivity contribution in [2.75, 3.05) is 13.1 Å². The normalized spacial score (nSPS) is 24.3. The summed E-state index contributed by atoms with van der Waals surface area (Å²) in [6.45, 7) is 1.49. The van der Waals surface area contributed by atoms with Crippen molar-refractivity contribution < 1.29 is 5.11 Å². The highest BCUT2D eigenvalue weighted by Crippen LogP contribution is 2.30. The van der Waals surface area contributed by atoms with Crippen LogP contribution < -0.4 is 5.32 Å². The van der Waals surface area contributed by atoms with Crippen molar-refractivity contribution in [2.45, 2.75) is 16.4 Å². The fourth-order valence-corrected chi connectivity index (χ4v) is 3.13. The molecule has 0 amide bonds. The van der Waals surface area contributed by atoms with E-state index in [-0.39, 0.29) is 11.4 Å². The first-order valence-electron chi connectivity index (χ1n) is 5.60. The third-order valence-corrected chi connectivity index (χ3v) is 4.23. The van der Waals surface area contributed by atoms with Gasteiger partial charge in [0.1, 0.15) is 11.4 Å². The van der Waals surface area contributed by atoms with Crippen LogP contribution in [0.25, 0.3) is 10.9 Å². The van der Waals surface area contributed by atoms with Crippen molar-refractivity contribution in [3.05, 3.63) is 30.6 Å². The lowest BCUT2D eigenvalue weighted by molar-refractivity contribution is 0.201. The Hall–Kier alpha value is -1.17. The topological polar surface area (TPSA) is 58.0 Å². The molecule has 1 aliphatic rings. The minimum absolute atomic E-state index is 0.174. The number of aliphatic hydroxyl groups excluding tert-OH is 1. The summed E-state index contributed by atoms with van der Waals surface area (Å²) >= 11 is 1.63. The highest BCUT2D eigenvalue weighted by molar-refractivity contribution is 8.00. The number of hydrogen-bond donors (Lipinski definition) is 2. The molecule has 0 aliphatic carbocycles. The van der Waals surface area contributed by atoms with Crippen LogP contribution >= 0.6 is 11.8 Å². The minimum atomic E-state index is -0.297. The van der Waals surface area contributed by atoms with E-state index < -0.39 is 0 Å². The summed E-state index contributed by atoms with van der Waals surface area (Å²) in [4.78, 5) is 8.55. The molecule has 0 radical (unpaired) electrons. The Morgan fingerprint density at radius 3 is 2.94 bits per heavy atom. The number of β-amino-alcohol motifs (C(OH)–C–C–N with tert-alkyl or cyclic N) is 1.